The summed E-state index contributed by atoms with van der Waals surface area (Å²) in [5.74, 6) is 0. The zero-order chi connectivity index (χ0) is 17.6. The molecule has 0 atom stereocenters. The van der Waals surface area contributed by atoms with Crippen LogP contribution in [0.15, 0.2) is 39.9 Å². The molecule has 0 unspecified atom stereocenters. The molecule has 0 bridgehead atoms. The molecular weight excluding hydrogens is 323 g/mol. The van der Waals surface area contributed by atoms with Crippen molar-refractivity contribution >= 4 is 11.4 Å². The number of aryl methyl sites for hydroxylation is 2. The third-order valence-electron chi connectivity index (χ3n) is 3.59. The third kappa shape index (κ3) is 2.60. The molecule has 1 aromatic heterocycles. The van der Waals surface area contributed by atoms with Crippen LogP contribution in [0, 0.1) is 13.8 Å². The summed E-state index contributed by atoms with van der Waals surface area (Å²) in [4.78, 5) is 23.7. The van der Waals surface area contributed by atoms with Crippen LogP contribution in [0.4, 0.5) is 24.5 Å². The number of rotatable bonds is 3. The fourth-order valence-corrected chi connectivity index (χ4v) is 2.44. The highest BCUT2D eigenvalue weighted by molar-refractivity contribution is 5.73. The van der Waals surface area contributed by atoms with Gasteiger partial charge in [0.1, 0.15) is 11.4 Å². The molecule has 0 saturated carbocycles. The van der Waals surface area contributed by atoms with Gasteiger partial charge in [-0.15, -0.1) is 0 Å². The molecular formula is C16H12F3N3O2. The van der Waals surface area contributed by atoms with E-state index in [4.69, 9.17) is 0 Å². The molecule has 0 aliphatic heterocycles. The Hall–Kier alpha value is -2.90. The highest BCUT2D eigenvalue weighted by Crippen LogP contribution is 2.30. The molecule has 0 radical (unpaired) electrons. The predicted molar refractivity (Wildman–Crippen MR) is 82.7 cm³/mol. The lowest BCUT2D eigenvalue weighted by atomic mass is 10.1. The number of hydrogen-bond donors (Lipinski definition) is 1. The normalized spacial score (nSPS) is 11.9. The topological polar surface area (TPSA) is 64.0 Å². The SMILES string of the molecule is Cc1cc(C)n(-c2c(Nc3ccc(C(F)(F)F)cc3)c(=O)c2=O)n1. The molecule has 124 valence electrons. The lowest BCUT2D eigenvalue weighted by Crippen LogP contribution is -2.38. The first kappa shape index (κ1) is 16.0. The molecule has 3 aromatic rings. The quantitative estimate of drug-likeness (QED) is 0.748. The molecule has 24 heavy (non-hydrogen) atoms. The molecule has 0 saturated heterocycles. The minimum absolute atomic E-state index is 0.0194. The maximum Gasteiger partial charge on any atom is 0.416 e. The molecule has 0 amide bonds. The summed E-state index contributed by atoms with van der Waals surface area (Å²) in [6, 6.07) is 5.95. The van der Waals surface area contributed by atoms with Crippen LogP contribution in [0.5, 0.6) is 0 Å². The van der Waals surface area contributed by atoms with Gasteiger partial charge in [0.25, 0.3) is 10.9 Å². The van der Waals surface area contributed by atoms with Crippen LogP contribution in [0.2, 0.25) is 0 Å². The van der Waals surface area contributed by atoms with E-state index in [1.807, 2.05) is 0 Å². The first-order valence-electron chi connectivity index (χ1n) is 6.99. The Bertz CT molecular complexity index is 978. The number of benzene rings is 1. The number of aromatic nitrogens is 2. The van der Waals surface area contributed by atoms with E-state index in [1.165, 1.54) is 16.8 Å². The summed E-state index contributed by atoms with van der Waals surface area (Å²) in [6.07, 6.45) is -4.44. The van der Waals surface area contributed by atoms with Gasteiger partial charge in [0.15, 0.2) is 0 Å². The first-order valence-corrected chi connectivity index (χ1v) is 6.99. The zero-order valence-corrected chi connectivity index (χ0v) is 12.7. The average molecular weight is 335 g/mol. The van der Waals surface area contributed by atoms with Crippen LogP contribution >= 0.6 is 0 Å². The second-order valence-corrected chi connectivity index (χ2v) is 5.42. The van der Waals surface area contributed by atoms with Crippen molar-refractivity contribution in [3.63, 3.8) is 0 Å². The van der Waals surface area contributed by atoms with E-state index in [0.717, 1.165) is 12.1 Å². The van der Waals surface area contributed by atoms with Gasteiger partial charge in [-0.05, 0) is 44.2 Å². The van der Waals surface area contributed by atoms with Crippen LogP contribution in [0.25, 0.3) is 5.69 Å². The minimum Gasteiger partial charge on any atom is -0.350 e. The standard InChI is InChI=1S/C16H12F3N3O2/c1-8-7-9(2)22(21-8)13-12(14(23)15(13)24)20-11-5-3-10(4-6-11)16(17,18)19/h3-7,20H,1-2H3. The van der Waals surface area contributed by atoms with Gasteiger partial charge in [-0.1, -0.05) is 0 Å². The van der Waals surface area contributed by atoms with Gasteiger partial charge in [-0.3, -0.25) is 9.59 Å². The van der Waals surface area contributed by atoms with Gasteiger partial charge in [0.05, 0.1) is 11.3 Å². The smallest absolute Gasteiger partial charge is 0.350 e. The lowest BCUT2D eigenvalue weighted by Gasteiger charge is -2.15. The van der Waals surface area contributed by atoms with Gasteiger partial charge in [0, 0.05) is 11.4 Å². The van der Waals surface area contributed by atoms with Gasteiger partial charge < -0.3 is 5.32 Å². The summed E-state index contributed by atoms with van der Waals surface area (Å²) < 4.78 is 39.0. The van der Waals surface area contributed by atoms with Crippen LogP contribution < -0.4 is 16.2 Å². The Morgan fingerprint density at radius 1 is 1.04 bits per heavy atom. The van der Waals surface area contributed by atoms with Crippen molar-refractivity contribution < 1.29 is 13.2 Å². The van der Waals surface area contributed by atoms with Gasteiger partial charge in [-0.2, -0.15) is 18.3 Å². The molecule has 5 nitrogen and oxygen atoms in total. The van der Waals surface area contributed by atoms with Crippen molar-refractivity contribution in [2.75, 3.05) is 5.32 Å². The number of nitrogens with one attached hydrogen (secondary N) is 1. The van der Waals surface area contributed by atoms with E-state index in [9.17, 15) is 22.8 Å². The monoisotopic (exact) mass is 335 g/mol. The van der Waals surface area contributed by atoms with Crippen molar-refractivity contribution in [2.45, 2.75) is 20.0 Å². The molecule has 0 fully saturated rings. The van der Waals surface area contributed by atoms with Crippen molar-refractivity contribution in [3.8, 4) is 5.69 Å². The summed E-state index contributed by atoms with van der Waals surface area (Å²) >= 11 is 0. The second kappa shape index (κ2) is 5.33. The highest BCUT2D eigenvalue weighted by atomic mass is 19.4. The molecule has 0 spiro atoms. The fraction of sp³-hybridized carbons (Fsp3) is 0.188. The number of halogens is 3. The van der Waals surface area contributed by atoms with Crippen LogP contribution in [0.3, 0.4) is 0 Å². The van der Waals surface area contributed by atoms with Gasteiger partial charge in [-0.25, -0.2) is 4.68 Å². The summed E-state index contributed by atoms with van der Waals surface area (Å²) in [6.45, 7) is 3.48. The fourth-order valence-electron chi connectivity index (χ4n) is 2.44. The molecule has 3 rings (SSSR count). The lowest BCUT2D eigenvalue weighted by molar-refractivity contribution is -0.137. The van der Waals surface area contributed by atoms with Crippen molar-refractivity contribution in [1.82, 2.24) is 9.78 Å². The van der Waals surface area contributed by atoms with Gasteiger partial charge in [0.2, 0.25) is 0 Å². The van der Waals surface area contributed by atoms with Crippen LogP contribution in [-0.4, -0.2) is 9.78 Å². The third-order valence-corrected chi connectivity index (χ3v) is 3.59. The van der Waals surface area contributed by atoms with Crippen molar-refractivity contribution in [3.05, 3.63) is 67.7 Å². The largest absolute Gasteiger partial charge is 0.416 e. The number of anilines is 2. The van der Waals surface area contributed by atoms with Crippen LogP contribution in [-0.2, 0) is 6.18 Å². The summed E-state index contributed by atoms with van der Waals surface area (Å²) in [5, 5.41) is 6.86. The Balaban J connectivity index is 1.95. The summed E-state index contributed by atoms with van der Waals surface area (Å²) in [5.41, 5.74) is -0.463. The van der Waals surface area contributed by atoms with E-state index in [-0.39, 0.29) is 17.1 Å². The van der Waals surface area contributed by atoms with E-state index in [1.54, 1.807) is 19.9 Å². The number of nitrogens with zero attached hydrogens (tertiary/aromatic N) is 2. The maximum absolute atomic E-state index is 12.6. The Morgan fingerprint density at radius 3 is 2.17 bits per heavy atom. The van der Waals surface area contributed by atoms with Gasteiger partial charge >= 0.3 is 6.18 Å². The first-order chi connectivity index (χ1) is 11.2. The maximum atomic E-state index is 12.6. The Kier molecular flexibility index (Phi) is 3.55. The van der Waals surface area contributed by atoms with E-state index in [2.05, 4.69) is 10.4 Å². The summed E-state index contributed by atoms with van der Waals surface area (Å²) in [7, 11) is 0. The zero-order valence-electron chi connectivity index (χ0n) is 12.7. The molecule has 2 aromatic carbocycles. The number of hydrogen-bond acceptors (Lipinski definition) is 4. The predicted octanol–water partition coefficient (Wildman–Crippen LogP) is 2.85. The highest BCUT2D eigenvalue weighted by Gasteiger charge is 2.30. The molecule has 0 aliphatic rings. The molecule has 1 heterocycles. The van der Waals surface area contributed by atoms with Crippen LogP contribution in [0.1, 0.15) is 17.0 Å². The number of alkyl halides is 3. The second-order valence-electron chi connectivity index (χ2n) is 5.42. The molecule has 0 aliphatic carbocycles. The Morgan fingerprint density at radius 2 is 1.67 bits per heavy atom. The van der Waals surface area contributed by atoms with Crippen molar-refractivity contribution in [2.24, 2.45) is 0 Å². The molecule has 1 N–H and O–H groups in total. The minimum atomic E-state index is -4.44. The van der Waals surface area contributed by atoms with E-state index >= 15 is 0 Å². The Labute approximate surface area is 134 Å². The van der Waals surface area contributed by atoms with E-state index < -0.39 is 22.6 Å². The average Bonchev–Trinajstić information content (AvgIpc) is 2.84. The molecule has 8 heteroatoms. The van der Waals surface area contributed by atoms with Crippen molar-refractivity contribution in [1.29, 1.82) is 0 Å². The van der Waals surface area contributed by atoms with E-state index in [0.29, 0.717) is 11.4 Å².